The fraction of sp³-hybridized carbons (Fsp3) is 0.0455. The summed E-state index contributed by atoms with van der Waals surface area (Å²) < 4.78 is 28.7. The van der Waals surface area contributed by atoms with Gasteiger partial charge in [-0.25, -0.2) is 8.78 Å². The quantitative estimate of drug-likeness (QED) is 0.340. The van der Waals surface area contributed by atoms with Crippen LogP contribution in [0.15, 0.2) is 77.0 Å². The third-order valence-electron chi connectivity index (χ3n) is 4.75. The second-order valence-corrected chi connectivity index (χ2v) is 7.47. The van der Waals surface area contributed by atoms with Crippen molar-refractivity contribution in [2.45, 2.75) is 6.04 Å². The van der Waals surface area contributed by atoms with Crippen molar-refractivity contribution in [3.63, 3.8) is 0 Å². The van der Waals surface area contributed by atoms with Crippen LogP contribution in [-0.4, -0.2) is 21.8 Å². The molecule has 2 aromatic carbocycles. The molecular weight excluding hydrogens is 458 g/mol. The Bertz CT molecular complexity index is 1180. The van der Waals surface area contributed by atoms with Crippen molar-refractivity contribution in [2.24, 2.45) is 0 Å². The molecule has 1 aliphatic heterocycles. The van der Waals surface area contributed by atoms with Crippen LogP contribution >= 0.6 is 15.9 Å². The van der Waals surface area contributed by atoms with Gasteiger partial charge in [-0.2, -0.15) is 0 Å². The minimum absolute atomic E-state index is 0.197. The standard InChI is InChI=1S/C22H13BrF2N2O3/c23-14-3-1-13(2-4-14)20(28)18-19(12-7-9-26-10-8-12)27(22(30)21(18)29)17-6-5-15(24)11-16(17)25/h1-11,19,28H/b20-18+. The van der Waals surface area contributed by atoms with Gasteiger partial charge in [0.25, 0.3) is 11.7 Å². The number of benzene rings is 2. The lowest BCUT2D eigenvalue weighted by atomic mass is 9.96. The summed E-state index contributed by atoms with van der Waals surface area (Å²) in [7, 11) is 0. The van der Waals surface area contributed by atoms with E-state index in [2.05, 4.69) is 20.9 Å². The lowest BCUT2D eigenvalue weighted by Crippen LogP contribution is -2.30. The maximum Gasteiger partial charge on any atom is 0.300 e. The Labute approximate surface area is 178 Å². The Kier molecular flexibility index (Phi) is 5.17. The van der Waals surface area contributed by atoms with Crippen molar-refractivity contribution < 1.29 is 23.5 Å². The Morgan fingerprint density at radius 1 is 1.00 bits per heavy atom. The van der Waals surface area contributed by atoms with Gasteiger partial charge in [-0.05, 0) is 42.0 Å². The summed E-state index contributed by atoms with van der Waals surface area (Å²) in [6.07, 6.45) is 2.91. The number of aliphatic hydroxyl groups excluding tert-OH is 1. The highest BCUT2D eigenvalue weighted by molar-refractivity contribution is 9.10. The molecule has 0 saturated carbocycles. The van der Waals surface area contributed by atoms with Crippen LogP contribution in [-0.2, 0) is 9.59 Å². The first-order chi connectivity index (χ1) is 14.4. The second kappa shape index (κ2) is 7.79. The zero-order valence-electron chi connectivity index (χ0n) is 15.2. The van der Waals surface area contributed by atoms with Crippen molar-refractivity contribution in [3.05, 3.63) is 99.8 Å². The predicted octanol–water partition coefficient (Wildman–Crippen LogP) is 4.75. The summed E-state index contributed by atoms with van der Waals surface area (Å²) in [4.78, 5) is 30.6. The molecule has 8 heteroatoms. The highest BCUT2D eigenvalue weighted by Gasteiger charge is 2.47. The third-order valence-corrected chi connectivity index (χ3v) is 5.28. The average Bonchev–Trinajstić information content (AvgIpc) is 3.00. The first-order valence-corrected chi connectivity index (χ1v) is 9.59. The molecule has 0 radical (unpaired) electrons. The molecule has 5 nitrogen and oxygen atoms in total. The van der Waals surface area contributed by atoms with Crippen LogP contribution in [0, 0.1) is 11.6 Å². The number of aliphatic hydroxyl groups is 1. The molecule has 0 bridgehead atoms. The lowest BCUT2D eigenvalue weighted by molar-refractivity contribution is -0.132. The first-order valence-electron chi connectivity index (χ1n) is 8.80. The Hall–Kier alpha value is -3.39. The van der Waals surface area contributed by atoms with E-state index in [-0.39, 0.29) is 11.3 Å². The van der Waals surface area contributed by atoms with Crippen LogP contribution in [0.3, 0.4) is 0 Å². The van der Waals surface area contributed by atoms with Gasteiger partial charge in [0.2, 0.25) is 0 Å². The van der Waals surface area contributed by atoms with E-state index in [1.54, 1.807) is 36.4 Å². The second-order valence-electron chi connectivity index (χ2n) is 6.55. The highest BCUT2D eigenvalue weighted by Crippen LogP contribution is 2.42. The molecule has 1 atom stereocenters. The number of hydrogen-bond acceptors (Lipinski definition) is 4. The number of halogens is 3. The average molecular weight is 471 g/mol. The number of hydrogen-bond donors (Lipinski definition) is 1. The summed E-state index contributed by atoms with van der Waals surface area (Å²) in [5, 5.41) is 10.9. The van der Waals surface area contributed by atoms with Crippen molar-refractivity contribution in [1.82, 2.24) is 4.98 Å². The molecule has 0 spiro atoms. The minimum Gasteiger partial charge on any atom is -0.507 e. The van der Waals surface area contributed by atoms with Crippen LogP contribution in [0.4, 0.5) is 14.5 Å². The highest BCUT2D eigenvalue weighted by atomic mass is 79.9. The molecule has 1 fully saturated rings. The summed E-state index contributed by atoms with van der Waals surface area (Å²) in [5.74, 6) is -4.21. The van der Waals surface area contributed by atoms with Crippen molar-refractivity contribution in [3.8, 4) is 0 Å². The van der Waals surface area contributed by atoms with Crippen LogP contribution in [0.25, 0.3) is 5.76 Å². The zero-order chi connectivity index (χ0) is 21.4. The number of amides is 1. The third kappa shape index (κ3) is 3.39. The predicted molar refractivity (Wildman–Crippen MR) is 110 cm³/mol. The van der Waals surface area contributed by atoms with Gasteiger partial charge in [0.1, 0.15) is 17.4 Å². The number of carbonyl (C=O) groups excluding carboxylic acids is 2. The van der Waals surface area contributed by atoms with E-state index in [0.717, 1.165) is 21.5 Å². The number of rotatable bonds is 3. The van der Waals surface area contributed by atoms with Gasteiger partial charge in [-0.15, -0.1) is 0 Å². The van der Waals surface area contributed by atoms with E-state index >= 15 is 0 Å². The van der Waals surface area contributed by atoms with Gasteiger partial charge in [0.15, 0.2) is 0 Å². The topological polar surface area (TPSA) is 70.5 Å². The van der Waals surface area contributed by atoms with E-state index in [1.165, 1.54) is 12.4 Å². The number of nitrogens with zero attached hydrogens (tertiary/aromatic N) is 2. The fourth-order valence-corrected chi connectivity index (χ4v) is 3.65. The molecule has 4 rings (SSSR count). The van der Waals surface area contributed by atoms with Crippen LogP contribution in [0.5, 0.6) is 0 Å². The van der Waals surface area contributed by atoms with Gasteiger partial charge in [0, 0.05) is 28.5 Å². The number of ketones is 1. The van der Waals surface area contributed by atoms with Gasteiger partial charge < -0.3 is 5.11 Å². The first kappa shape index (κ1) is 19.9. The number of Topliss-reactive ketones (excluding diaryl/α,β-unsaturated/α-hetero) is 1. The van der Waals surface area contributed by atoms with Crippen molar-refractivity contribution >= 4 is 39.1 Å². The molecule has 30 heavy (non-hydrogen) atoms. The molecule has 1 N–H and O–H groups in total. The number of anilines is 1. The normalized spacial score (nSPS) is 18.1. The van der Waals surface area contributed by atoms with E-state index < -0.39 is 35.1 Å². The van der Waals surface area contributed by atoms with Crippen LogP contribution in [0.2, 0.25) is 0 Å². The smallest absolute Gasteiger partial charge is 0.300 e. The van der Waals surface area contributed by atoms with Crippen molar-refractivity contribution in [1.29, 1.82) is 0 Å². The summed E-state index contributed by atoms with van der Waals surface area (Å²) in [6.45, 7) is 0. The van der Waals surface area contributed by atoms with E-state index in [1.807, 2.05) is 0 Å². The minimum atomic E-state index is -1.11. The maximum atomic E-state index is 14.5. The number of aromatic nitrogens is 1. The molecule has 1 aliphatic rings. The summed E-state index contributed by atoms with van der Waals surface area (Å²) in [6, 6.07) is 11.2. The van der Waals surface area contributed by atoms with Gasteiger partial charge >= 0.3 is 0 Å². The monoisotopic (exact) mass is 470 g/mol. The molecule has 1 saturated heterocycles. The molecule has 1 amide bonds. The maximum absolute atomic E-state index is 14.5. The molecule has 2 heterocycles. The fourth-order valence-electron chi connectivity index (χ4n) is 3.38. The molecule has 3 aromatic rings. The number of pyridine rings is 1. The number of carbonyl (C=O) groups is 2. The van der Waals surface area contributed by atoms with E-state index in [9.17, 15) is 23.5 Å². The molecule has 1 unspecified atom stereocenters. The molecule has 1 aromatic heterocycles. The van der Waals surface area contributed by atoms with Gasteiger partial charge in [-0.3, -0.25) is 19.5 Å². The van der Waals surface area contributed by atoms with Crippen LogP contribution in [0.1, 0.15) is 17.2 Å². The largest absolute Gasteiger partial charge is 0.507 e. The van der Waals surface area contributed by atoms with Gasteiger partial charge in [-0.1, -0.05) is 28.1 Å². The molecular formula is C22H13BrF2N2O3. The van der Waals surface area contributed by atoms with E-state index in [4.69, 9.17) is 0 Å². The Balaban J connectivity index is 1.96. The summed E-state index contributed by atoms with van der Waals surface area (Å²) in [5.41, 5.74) is 0.286. The lowest BCUT2D eigenvalue weighted by Gasteiger charge is -2.25. The molecule has 0 aliphatic carbocycles. The Morgan fingerprint density at radius 3 is 2.30 bits per heavy atom. The molecule has 150 valence electrons. The summed E-state index contributed by atoms with van der Waals surface area (Å²) >= 11 is 3.30. The Morgan fingerprint density at radius 2 is 1.67 bits per heavy atom. The SMILES string of the molecule is O=C1C(=O)N(c2ccc(F)cc2F)C(c2ccncc2)/C1=C(\O)c1ccc(Br)cc1. The van der Waals surface area contributed by atoms with Crippen molar-refractivity contribution in [2.75, 3.05) is 4.90 Å². The van der Waals surface area contributed by atoms with Gasteiger partial charge in [0.05, 0.1) is 17.3 Å². The zero-order valence-corrected chi connectivity index (χ0v) is 16.8. The van der Waals surface area contributed by atoms with E-state index in [0.29, 0.717) is 17.2 Å². The van der Waals surface area contributed by atoms with Crippen LogP contribution < -0.4 is 4.90 Å².